The summed E-state index contributed by atoms with van der Waals surface area (Å²) in [5.74, 6) is 2.45. The summed E-state index contributed by atoms with van der Waals surface area (Å²) < 4.78 is 5.94. The quantitative estimate of drug-likeness (QED) is 0.797. The summed E-state index contributed by atoms with van der Waals surface area (Å²) in [6.07, 6.45) is 5.70. The lowest BCUT2D eigenvalue weighted by atomic mass is 10.1. The van der Waals surface area contributed by atoms with Crippen molar-refractivity contribution in [3.05, 3.63) is 42.6 Å². The number of rotatable bonds is 7. The van der Waals surface area contributed by atoms with Gasteiger partial charge in [-0.25, -0.2) is 4.98 Å². The molecule has 2 N–H and O–H groups in total. The van der Waals surface area contributed by atoms with Gasteiger partial charge in [0.05, 0.1) is 12.7 Å². The first-order valence-corrected chi connectivity index (χ1v) is 9.40. The highest BCUT2D eigenvalue weighted by Crippen LogP contribution is 2.45. The second-order valence-electron chi connectivity index (χ2n) is 7.44. The number of nitrogens with one attached hydrogen (secondary N) is 1. The zero-order valence-electron chi connectivity index (χ0n) is 15.0. The van der Waals surface area contributed by atoms with Crippen molar-refractivity contribution in [2.45, 2.75) is 31.8 Å². The summed E-state index contributed by atoms with van der Waals surface area (Å²) in [5, 5.41) is 13.2. The van der Waals surface area contributed by atoms with Crippen LogP contribution in [-0.4, -0.2) is 47.4 Å². The van der Waals surface area contributed by atoms with Gasteiger partial charge in [0.2, 0.25) is 5.95 Å². The number of β-amino-alcohol motifs (C(OH)–C–C–N with tert-alkyl or cyclic N) is 1. The van der Waals surface area contributed by atoms with Crippen molar-refractivity contribution in [2.24, 2.45) is 5.41 Å². The normalized spacial score (nSPS) is 21.3. The summed E-state index contributed by atoms with van der Waals surface area (Å²) in [6.45, 7) is 3.10. The molecule has 2 aromatic rings. The molecule has 0 bridgehead atoms. The number of hydrogen-bond acceptors (Lipinski definition) is 6. The third kappa shape index (κ3) is 4.25. The second kappa shape index (κ2) is 7.50. The van der Waals surface area contributed by atoms with Crippen LogP contribution in [0.1, 0.15) is 25.7 Å². The van der Waals surface area contributed by atoms with E-state index in [0.717, 1.165) is 50.3 Å². The Hall–Kier alpha value is -2.34. The van der Waals surface area contributed by atoms with E-state index >= 15 is 0 Å². The lowest BCUT2D eigenvalue weighted by Gasteiger charge is -2.31. The van der Waals surface area contributed by atoms with Crippen LogP contribution in [0.15, 0.2) is 42.6 Å². The molecular formula is C20H26N4O2. The average molecular weight is 354 g/mol. The van der Waals surface area contributed by atoms with Crippen molar-refractivity contribution in [3.63, 3.8) is 0 Å². The van der Waals surface area contributed by atoms with Gasteiger partial charge in [0.1, 0.15) is 11.6 Å². The first-order chi connectivity index (χ1) is 12.7. The fraction of sp³-hybridized carbons (Fsp3) is 0.500. The van der Waals surface area contributed by atoms with Crippen molar-refractivity contribution < 1.29 is 9.84 Å². The molecule has 1 aliphatic heterocycles. The molecule has 1 saturated heterocycles. The van der Waals surface area contributed by atoms with Gasteiger partial charge in [-0.15, -0.1) is 0 Å². The Bertz CT molecular complexity index is 721. The predicted octanol–water partition coefficient (Wildman–Crippen LogP) is 2.71. The SMILES string of the molecule is O[C@H]1CCCN(c2ccnc(NCC3(COc4ccccc4)CC3)n2)C1. The number of aliphatic hydroxyl groups excluding tert-OH is 1. The van der Waals surface area contributed by atoms with Gasteiger partial charge in [-0.1, -0.05) is 18.2 Å². The van der Waals surface area contributed by atoms with Crippen LogP contribution in [0, 0.1) is 5.41 Å². The van der Waals surface area contributed by atoms with E-state index in [1.54, 1.807) is 6.20 Å². The highest BCUT2D eigenvalue weighted by molar-refractivity contribution is 5.43. The van der Waals surface area contributed by atoms with Gasteiger partial charge in [0.15, 0.2) is 0 Å². The van der Waals surface area contributed by atoms with Crippen LogP contribution in [0.25, 0.3) is 0 Å². The summed E-state index contributed by atoms with van der Waals surface area (Å²) in [7, 11) is 0. The van der Waals surface area contributed by atoms with E-state index in [2.05, 4.69) is 20.2 Å². The standard InChI is InChI=1S/C20H26N4O2/c25-16-5-4-12-24(13-16)18-8-11-21-19(23-18)22-14-20(9-10-20)15-26-17-6-2-1-3-7-17/h1-3,6-8,11,16,25H,4-5,9-10,12-15H2,(H,21,22,23)/t16-/m0/s1. The number of piperidine rings is 1. The number of aromatic nitrogens is 2. The molecule has 138 valence electrons. The Morgan fingerprint density at radius 3 is 2.85 bits per heavy atom. The lowest BCUT2D eigenvalue weighted by molar-refractivity contribution is 0.154. The Morgan fingerprint density at radius 1 is 1.23 bits per heavy atom. The highest BCUT2D eigenvalue weighted by atomic mass is 16.5. The number of hydrogen-bond donors (Lipinski definition) is 2. The number of para-hydroxylation sites is 1. The molecule has 2 heterocycles. The van der Waals surface area contributed by atoms with E-state index in [1.807, 2.05) is 36.4 Å². The van der Waals surface area contributed by atoms with Gasteiger partial charge in [0, 0.05) is 31.2 Å². The third-order valence-electron chi connectivity index (χ3n) is 5.23. The fourth-order valence-electron chi connectivity index (χ4n) is 3.34. The van der Waals surface area contributed by atoms with Crippen molar-refractivity contribution in [1.82, 2.24) is 9.97 Å². The maximum atomic E-state index is 9.87. The third-order valence-corrected chi connectivity index (χ3v) is 5.23. The Balaban J connectivity index is 1.32. The summed E-state index contributed by atoms with van der Waals surface area (Å²) in [4.78, 5) is 11.1. The van der Waals surface area contributed by atoms with Crippen LogP contribution in [0.3, 0.4) is 0 Å². The molecule has 6 nitrogen and oxygen atoms in total. The molecule has 6 heteroatoms. The minimum atomic E-state index is -0.264. The van der Waals surface area contributed by atoms with E-state index in [-0.39, 0.29) is 11.5 Å². The first-order valence-electron chi connectivity index (χ1n) is 9.40. The largest absolute Gasteiger partial charge is 0.493 e. The smallest absolute Gasteiger partial charge is 0.224 e. The minimum Gasteiger partial charge on any atom is -0.493 e. The molecule has 1 aliphatic carbocycles. The monoisotopic (exact) mass is 354 g/mol. The van der Waals surface area contributed by atoms with Crippen LogP contribution in [-0.2, 0) is 0 Å². The van der Waals surface area contributed by atoms with Gasteiger partial charge in [-0.05, 0) is 43.9 Å². The van der Waals surface area contributed by atoms with Gasteiger partial charge in [-0.2, -0.15) is 4.98 Å². The zero-order chi connectivity index (χ0) is 17.8. The van der Waals surface area contributed by atoms with E-state index < -0.39 is 0 Å². The molecule has 0 unspecified atom stereocenters. The molecule has 1 saturated carbocycles. The summed E-state index contributed by atoms with van der Waals surface area (Å²) >= 11 is 0. The van der Waals surface area contributed by atoms with Crippen molar-refractivity contribution in [1.29, 1.82) is 0 Å². The summed E-state index contributed by atoms with van der Waals surface area (Å²) in [6, 6.07) is 11.9. The Morgan fingerprint density at radius 2 is 2.08 bits per heavy atom. The van der Waals surface area contributed by atoms with Gasteiger partial charge < -0.3 is 20.1 Å². The van der Waals surface area contributed by atoms with Crippen LogP contribution >= 0.6 is 0 Å². The Labute approximate surface area is 154 Å². The molecule has 1 aromatic heterocycles. The van der Waals surface area contributed by atoms with Crippen molar-refractivity contribution in [2.75, 3.05) is 36.5 Å². The molecule has 2 aliphatic rings. The maximum absolute atomic E-state index is 9.87. The molecule has 1 atom stereocenters. The van der Waals surface area contributed by atoms with E-state index in [1.165, 1.54) is 0 Å². The minimum absolute atomic E-state index is 0.177. The number of anilines is 2. The molecule has 4 rings (SSSR count). The van der Waals surface area contributed by atoms with Crippen LogP contribution in [0.2, 0.25) is 0 Å². The molecule has 0 amide bonds. The topological polar surface area (TPSA) is 70.5 Å². The number of ether oxygens (including phenoxy) is 1. The zero-order valence-corrected chi connectivity index (χ0v) is 15.0. The Kier molecular flexibility index (Phi) is 4.93. The van der Waals surface area contributed by atoms with Crippen molar-refractivity contribution >= 4 is 11.8 Å². The van der Waals surface area contributed by atoms with Gasteiger partial charge >= 0.3 is 0 Å². The van der Waals surface area contributed by atoms with Gasteiger partial charge in [-0.3, -0.25) is 0 Å². The molecule has 0 radical (unpaired) electrons. The fourth-order valence-corrected chi connectivity index (χ4v) is 3.34. The molecular weight excluding hydrogens is 328 g/mol. The number of aliphatic hydroxyl groups is 1. The molecule has 26 heavy (non-hydrogen) atoms. The van der Waals surface area contributed by atoms with Gasteiger partial charge in [0.25, 0.3) is 0 Å². The second-order valence-corrected chi connectivity index (χ2v) is 7.44. The maximum Gasteiger partial charge on any atom is 0.224 e. The average Bonchev–Trinajstić information content (AvgIpc) is 3.46. The molecule has 1 aromatic carbocycles. The van der Waals surface area contributed by atoms with Crippen LogP contribution in [0.5, 0.6) is 5.75 Å². The molecule has 0 spiro atoms. The van der Waals surface area contributed by atoms with Crippen LogP contribution < -0.4 is 15.0 Å². The molecule has 2 fully saturated rings. The van der Waals surface area contributed by atoms with E-state index in [0.29, 0.717) is 19.1 Å². The predicted molar refractivity (Wildman–Crippen MR) is 102 cm³/mol. The first kappa shape index (κ1) is 17.1. The van der Waals surface area contributed by atoms with E-state index in [9.17, 15) is 5.11 Å². The number of benzene rings is 1. The summed E-state index contributed by atoms with van der Waals surface area (Å²) in [5.41, 5.74) is 0.177. The van der Waals surface area contributed by atoms with Crippen LogP contribution in [0.4, 0.5) is 11.8 Å². The number of nitrogens with zero attached hydrogens (tertiary/aromatic N) is 3. The van der Waals surface area contributed by atoms with Crippen molar-refractivity contribution in [3.8, 4) is 5.75 Å². The van der Waals surface area contributed by atoms with E-state index in [4.69, 9.17) is 4.74 Å². The highest BCUT2D eigenvalue weighted by Gasteiger charge is 2.43. The lowest BCUT2D eigenvalue weighted by Crippen LogP contribution is -2.38.